The summed E-state index contributed by atoms with van der Waals surface area (Å²) < 4.78 is 0. The molecule has 2 fully saturated rings. The Morgan fingerprint density at radius 2 is 1.92 bits per heavy atom. The van der Waals surface area contributed by atoms with E-state index >= 15 is 0 Å². The lowest BCUT2D eigenvalue weighted by Gasteiger charge is -2.38. The molecule has 1 aromatic carbocycles. The van der Waals surface area contributed by atoms with Crippen molar-refractivity contribution in [3.8, 4) is 0 Å². The summed E-state index contributed by atoms with van der Waals surface area (Å²) in [7, 11) is 1.85. The van der Waals surface area contributed by atoms with Gasteiger partial charge in [-0.1, -0.05) is 18.6 Å². The maximum Gasteiger partial charge on any atom is 0.251 e. The highest BCUT2D eigenvalue weighted by atomic mass is 127. The Labute approximate surface area is 167 Å². The van der Waals surface area contributed by atoms with E-state index in [1.807, 2.05) is 38.2 Å². The number of guanidine groups is 1. The van der Waals surface area contributed by atoms with Crippen molar-refractivity contribution in [1.29, 1.82) is 0 Å². The Morgan fingerprint density at radius 3 is 2.44 bits per heavy atom. The van der Waals surface area contributed by atoms with Crippen molar-refractivity contribution in [2.24, 2.45) is 10.4 Å². The molecule has 1 saturated carbocycles. The van der Waals surface area contributed by atoms with E-state index in [-0.39, 0.29) is 29.9 Å². The maximum atomic E-state index is 11.8. The van der Waals surface area contributed by atoms with Crippen molar-refractivity contribution < 1.29 is 4.79 Å². The lowest BCUT2D eigenvalue weighted by atomic mass is 9.68. The first kappa shape index (κ1) is 20.0. The average Bonchev–Trinajstić information content (AvgIpc) is 3.02. The summed E-state index contributed by atoms with van der Waals surface area (Å²) in [5, 5.41) is 6.28. The molecule has 1 heterocycles. The first-order valence-corrected chi connectivity index (χ1v) is 8.98. The summed E-state index contributed by atoms with van der Waals surface area (Å²) in [6.45, 7) is 5.55. The summed E-state index contributed by atoms with van der Waals surface area (Å²) in [6, 6.07) is 7.76. The maximum absolute atomic E-state index is 11.8. The summed E-state index contributed by atoms with van der Waals surface area (Å²) >= 11 is 0. The Kier molecular flexibility index (Phi) is 7.10. The van der Waals surface area contributed by atoms with Crippen LogP contribution in [0.15, 0.2) is 29.3 Å². The van der Waals surface area contributed by atoms with E-state index < -0.39 is 0 Å². The van der Waals surface area contributed by atoms with Gasteiger partial charge < -0.3 is 15.5 Å². The summed E-state index contributed by atoms with van der Waals surface area (Å²) in [6.07, 6.45) is 5.44. The second-order valence-corrected chi connectivity index (χ2v) is 6.98. The molecule has 1 amide bonds. The highest BCUT2D eigenvalue weighted by molar-refractivity contribution is 14.0. The zero-order chi connectivity index (χ0) is 17.0. The van der Waals surface area contributed by atoms with E-state index in [1.54, 1.807) is 0 Å². The lowest BCUT2D eigenvalue weighted by molar-refractivity contribution is 0.0956. The second kappa shape index (κ2) is 8.87. The number of hydrogen-bond donors (Lipinski definition) is 2. The normalized spacial score (nSPS) is 18.5. The number of aliphatic imine (C=N–C) groups is 1. The molecule has 25 heavy (non-hydrogen) atoms. The molecular formula is C19H29IN4O. The molecule has 6 heteroatoms. The number of nitrogens with one attached hydrogen (secondary N) is 2. The smallest absolute Gasteiger partial charge is 0.251 e. The molecule has 1 aliphatic heterocycles. The first-order chi connectivity index (χ1) is 11.7. The zero-order valence-corrected chi connectivity index (χ0v) is 17.5. The first-order valence-electron chi connectivity index (χ1n) is 8.98. The van der Waals surface area contributed by atoms with Crippen LogP contribution in [-0.2, 0) is 6.54 Å². The number of hydrogen-bond acceptors (Lipinski definition) is 2. The molecule has 1 aromatic rings. The lowest BCUT2D eigenvalue weighted by Crippen LogP contribution is -2.42. The van der Waals surface area contributed by atoms with Gasteiger partial charge in [0.25, 0.3) is 5.91 Å². The predicted octanol–water partition coefficient (Wildman–Crippen LogP) is 3.01. The van der Waals surface area contributed by atoms with Crippen molar-refractivity contribution >= 4 is 35.8 Å². The third-order valence-electron chi connectivity index (χ3n) is 5.37. The molecule has 1 aliphatic carbocycles. The summed E-state index contributed by atoms with van der Waals surface area (Å²) in [5.74, 6) is 0.974. The van der Waals surface area contributed by atoms with Crippen LogP contribution in [-0.4, -0.2) is 43.4 Å². The minimum Gasteiger partial charge on any atom is -0.352 e. The minimum absolute atomic E-state index is 0. The van der Waals surface area contributed by atoms with Gasteiger partial charge in [0.2, 0.25) is 0 Å². The van der Waals surface area contributed by atoms with Gasteiger partial charge in [-0.3, -0.25) is 9.79 Å². The van der Waals surface area contributed by atoms with Gasteiger partial charge in [-0.25, -0.2) is 0 Å². The Bertz CT molecular complexity index is 610. The second-order valence-electron chi connectivity index (χ2n) is 6.98. The SMILES string of the molecule is CCNC(=O)c1ccc(CNC(=NC)N2CCC3(CCC3)C2)cc1.I. The van der Waals surface area contributed by atoms with Gasteiger partial charge in [0, 0.05) is 38.8 Å². The molecule has 0 bridgehead atoms. The molecule has 5 nitrogen and oxygen atoms in total. The van der Waals surface area contributed by atoms with E-state index in [0.717, 1.165) is 31.2 Å². The molecular weight excluding hydrogens is 427 g/mol. The molecule has 0 aromatic heterocycles. The van der Waals surface area contributed by atoms with Crippen LogP contribution in [0.4, 0.5) is 0 Å². The van der Waals surface area contributed by atoms with Crippen LogP contribution >= 0.6 is 24.0 Å². The molecule has 0 unspecified atom stereocenters. The number of benzene rings is 1. The fourth-order valence-electron chi connectivity index (χ4n) is 3.75. The van der Waals surface area contributed by atoms with Crippen LogP contribution < -0.4 is 10.6 Å². The number of rotatable bonds is 4. The summed E-state index contributed by atoms with van der Waals surface area (Å²) in [5.41, 5.74) is 2.43. The zero-order valence-electron chi connectivity index (χ0n) is 15.2. The topological polar surface area (TPSA) is 56.7 Å². The quantitative estimate of drug-likeness (QED) is 0.416. The van der Waals surface area contributed by atoms with Crippen molar-refractivity contribution in [1.82, 2.24) is 15.5 Å². The van der Waals surface area contributed by atoms with Gasteiger partial charge in [0.15, 0.2) is 5.96 Å². The molecule has 1 spiro atoms. The van der Waals surface area contributed by atoms with Crippen molar-refractivity contribution in [2.75, 3.05) is 26.7 Å². The standard InChI is InChI=1S/C19H28N4O.HI/c1-3-21-17(24)16-7-5-15(6-8-16)13-22-18(20-2)23-12-11-19(14-23)9-4-10-19;/h5-8H,3-4,9-14H2,1-2H3,(H,20,22)(H,21,24);1H. The number of halogens is 1. The summed E-state index contributed by atoms with van der Waals surface area (Å²) in [4.78, 5) is 18.6. The third-order valence-corrected chi connectivity index (χ3v) is 5.37. The average molecular weight is 456 g/mol. The fraction of sp³-hybridized carbons (Fsp3) is 0.579. The van der Waals surface area contributed by atoms with E-state index in [0.29, 0.717) is 17.5 Å². The molecule has 2 aliphatic rings. The van der Waals surface area contributed by atoms with Crippen molar-refractivity contribution in [3.05, 3.63) is 35.4 Å². The van der Waals surface area contributed by atoms with Crippen molar-refractivity contribution in [2.45, 2.75) is 39.2 Å². The van der Waals surface area contributed by atoms with Crippen LogP contribution in [0.5, 0.6) is 0 Å². The van der Waals surface area contributed by atoms with Crippen LogP contribution in [0.2, 0.25) is 0 Å². The molecule has 0 atom stereocenters. The van der Waals surface area contributed by atoms with Gasteiger partial charge in [-0.2, -0.15) is 0 Å². The monoisotopic (exact) mass is 456 g/mol. The van der Waals surface area contributed by atoms with Crippen LogP contribution in [0.25, 0.3) is 0 Å². The number of amides is 1. The molecule has 138 valence electrons. The van der Waals surface area contributed by atoms with Crippen LogP contribution in [0.3, 0.4) is 0 Å². The van der Waals surface area contributed by atoms with E-state index in [1.165, 1.54) is 25.7 Å². The van der Waals surface area contributed by atoms with E-state index in [9.17, 15) is 4.79 Å². The number of carbonyl (C=O) groups is 1. The van der Waals surface area contributed by atoms with Crippen LogP contribution in [0.1, 0.15) is 48.5 Å². The fourth-order valence-corrected chi connectivity index (χ4v) is 3.75. The van der Waals surface area contributed by atoms with Gasteiger partial charge in [0.1, 0.15) is 0 Å². The Balaban J connectivity index is 0.00000225. The van der Waals surface area contributed by atoms with Crippen LogP contribution in [0, 0.1) is 5.41 Å². The highest BCUT2D eigenvalue weighted by Crippen LogP contribution is 2.47. The van der Waals surface area contributed by atoms with Gasteiger partial charge in [0.05, 0.1) is 0 Å². The number of likely N-dealkylation sites (tertiary alicyclic amines) is 1. The molecule has 0 radical (unpaired) electrons. The van der Waals surface area contributed by atoms with Gasteiger partial charge >= 0.3 is 0 Å². The minimum atomic E-state index is -0.0179. The largest absolute Gasteiger partial charge is 0.352 e. The molecule has 3 rings (SSSR count). The van der Waals surface area contributed by atoms with Gasteiger partial charge in [-0.15, -0.1) is 24.0 Å². The Hall–Kier alpha value is -1.31. The van der Waals surface area contributed by atoms with Crippen molar-refractivity contribution in [3.63, 3.8) is 0 Å². The molecule has 1 saturated heterocycles. The van der Waals surface area contributed by atoms with E-state index in [2.05, 4.69) is 20.5 Å². The predicted molar refractivity (Wildman–Crippen MR) is 113 cm³/mol. The van der Waals surface area contributed by atoms with Gasteiger partial charge in [-0.05, 0) is 49.3 Å². The number of carbonyl (C=O) groups excluding carboxylic acids is 1. The number of nitrogens with zero attached hydrogens (tertiary/aromatic N) is 2. The highest BCUT2D eigenvalue weighted by Gasteiger charge is 2.43. The Morgan fingerprint density at radius 1 is 1.20 bits per heavy atom. The van der Waals surface area contributed by atoms with E-state index in [4.69, 9.17) is 0 Å². The third kappa shape index (κ3) is 4.65. The molecule has 2 N–H and O–H groups in total.